The van der Waals surface area contributed by atoms with E-state index in [4.69, 9.17) is 4.74 Å². The zero-order valence-electron chi connectivity index (χ0n) is 12.9. The van der Waals surface area contributed by atoms with Gasteiger partial charge in [-0.25, -0.2) is 0 Å². The van der Waals surface area contributed by atoms with E-state index in [2.05, 4.69) is 15.5 Å². The molecular formula is C16H25N3O2. The molecule has 21 heavy (non-hydrogen) atoms. The second-order valence-electron chi connectivity index (χ2n) is 5.71. The first-order valence-corrected chi connectivity index (χ1v) is 7.50. The van der Waals surface area contributed by atoms with Crippen molar-refractivity contribution in [3.05, 3.63) is 29.8 Å². The van der Waals surface area contributed by atoms with Gasteiger partial charge in [0.1, 0.15) is 12.4 Å². The lowest BCUT2D eigenvalue weighted by Crippen LogP contribution is -2.31. The first-order valence-electron chi connectivity index (χ1n) is 7.50. The summed E-state index contributed by atoms with van der Waals surface area (Å²) in [6, 6.07) is 7.90. The molecule has 0 bridgehead atoms. The minimum absolute atomic E-state index is 0.115. The van der Waals surface area contributed by atoms with Gasteiger partial charge in [-0.3, -0.25) is 4.79 Å². The average Bonchev–Trinajstić information content (AvgIpc) is 2.99. The molecule has 2 rings (SSSR count). The number of carbonyl (C=O) groups is 1. The second kappa shape index (κ2) is 8.00. The summed E-state index contributed by atoms with van der Waals surface area (Å²) in [4.78, 5) is 14.0. The van der Waals surface area contributed by atoms with Gasteiger partial charge < -0.3 is 20.3 Å². The maximum absolute atomic E-state index is 12.0. The summed E-state index contributed by atoms with van der Waals surface area (Å²) in [6.07, 6.45) is 0.930. The normalized spacial score (nSPS) is 18.0. The smallest absolute Gasteiger partial charge is 0.224 e. The Morgan fingerprint density at radius 3 is 3.05 bits per heavy atom. The largest absolute Gasteiger partial charge is 0.492 e. The number of benzene rings is 1. The Labute approximate surface area is 126 Å². The molecule has 5 heteroatoms. The summed E-state index contributed by atoms with van der Waals surface area (Å²) in [5.41, 5.74) is 1.07. The minimum atomic E-state index is 0.115. The van der Waals surface area contributed by atoms with Crippen molar-refractivity contribution in [2.75, 3.05) is 40.3 Å². The Morgan fingerprint density at radius 1 is 1.48 bits per heavy atom. The fourth-order valence-corrected chi connectivity index (χ4v) is 2.30. The molecule has 1 unspecified atom stereocenters. The van der Waals surface area contributed by atoms with Crippen molar-refractivity contribution < 1.29 is 9.53 Å². The number of nitrogens with one attached hydrogen (secondary N) is 2. The van der Waals surface area contributed by atoms with Crippen molar-refractivity contribution in [2.45, 2.75) is 13.0 Å². The number of hydrogen-bond donors (Lipinski definition) is 2. The first kappa shape index (κ1) is 15.8. The Morgan fingerprint density at radius 2 is 2.33 bits per heavy atom. The summed E-state index contributed by atoms with van der Waals surface area (Å²) in [5, 5.41) is 6.21. The SMILES string of the molecule is CN(C)CCOc1cccc(CNC(=O)C2CCNC2)c1. The van der Waals surface area contributed by atoms with E-state index in [0.717, 1.165) is 37.4 Å². The van der Waals surface area contributed by atoms with Crippen LogP contribution in [0.3, 0.4) is 0 Å². The number of amides is 1. The van der Waals surface area contributed by atoms with Crippen LogP contribution in [0.1, 0.15) is 12.0 Å². The lowest BCUT2D eigenvalue weighted by molar-refractivity contribution is -0.124. The standard InChI is InChI=1S/C16H25N3O2/c1-19(2)8-9-21-15-5-3-4-13(10-15)11-18-16(20)14-6-7-17-12-14/h3-5,10,14,17H,6-9,11-12H2,1-2H3,(H,18,20). The van der Waals surface area contributed by atoms with E-state index < -0.39 is 0 Å². The Balaban J connectivity index is 1.78. The van der Waals surface area contributed by atoms with Crippen LogP contribution in [-0.4, -0.2) is 51.1 Å². The van der Waals surface area contributed by atoms with Crippen molar-refractivity contribution in [3.63, 3.8) is 0 Å². The van der Waals surface area contributed by atoms with E-state index in [1.54, 1.807) is 0 Å². The van der Waals surface area contributed by atoms with Gasteiger partial charge in [-0.05, 0) is 44.8 Å². The van der Waals surface area contributed by atoms with Crippen molar-refractivity contribution >= 4 is 5.91 Å². The van der Waals surface area contributed by atoms with Crippen LogP contribution >= 0.6 is 0 Å². The molecule has 5 nitrogen and oxygen atoms in total. The summed E-state index contributed by atoms with van der Waals surface area (Å²) in [7, 11) is 4.04. The molecule has 1 saturated heterocycles. The third-order valence-electron chi connectivity index (χ3n) is 3.60. The van der Waals surface area contributed by atoms with Crippen LogP contribution in [0.25, 0.3) is 0 Å². The monoisotopic (exact) mass is 291 g/mol. The Hall–Kier alpha value is -1.59. The van der Waals surface area contributed by atoms with Crippen LogP contribution in [0.2, 0.25) is 0 Å². The highest BCUT2D eigenvalue weighted by Gasteiger charge is 2.21. The molecule has 1 fully saturated rings. The summed E-state index contributed by atoms with van der Waals surface area (Å²) in [6.45, 7) is 3.83. The van der Waals surface area contributed by atoms with Crippen LogP contribution in [0, 0.1) is 5.92 Å². The van der Waals surface area contributed by atoms with Gasteiger partial charge >= 0.3 is 0 Å². The second-order valence-corrected chi connectivity index (χ2v) is 5.71. The molecular weight excluding hydrogens is 266 g/mol. The molecule has 1 heterocycles. The minimum Gasteiger partial charge on any atom is -0.492 e. The number of rotatable bonds is 7. The van der Waals surface area contributed by atoms with E-state index in [1.165, 1.54) is 0 Å². The molecule has 0 saturated carbocycles. The van der Waals surface area contributed by atoms with Gasteiger partial charge in [0.2, 0.25) is 5.91 Å². The van der Waals surface area contributed by atoms with Gasteiger partial charge in [0, 0.05) is 19.6 Å². The predicted molar refractivity (Wildman–Crippen MR) is 83.3 cm³/mol. The quantitative estimate of drug-likeness (QED) is 0.782. The molecule has 1 aromatic rings. The van der Waals surface area contributed by atoms with E-state index in [1.807, 2.05) is 38.4 Å². The number of ether oxygens (including phenoxy) is 1. The lowest BCUT2D eigenvalue weighted by Gasteiger charge is -2.13. The van der Waals surface area contributed by atoms with Crippen LogP contribution in [0.4, 0.5) is 0 Å². The van der Waals surface area contributed by atoms with Crippen molar-refractivity contribution in [2.24, 2.45) is 5.92 Å². The number of likely N-dealkylation sites (N-methyl/N-ethyl adjacent to an activating group) is 1. The Kier molecular flexibility index (Phi) is 6.02. The summed E-state index contributed by atoms with van der Waals surface area (Å²) in [5.74, 6) is 1.11. The third kappa shape index (κ3) is 5.36. The maximum atomic E-state index is 12.0. The number of nitrogens with zero attached hydrogens (tertiary/aromatic N) is 1. The molecule has 2 N–H and O–H groups in total. The first-order chi connectivity index (χ1) is 10.1. The average molecular weight is 291 g/mol. The highest BCUT2D eigenvalue weighted by molar-refractivity contribution is 5.79. The van der Waals surface area contributed by atoms with Gasteiger partial charge in [-0.15, -0.1) is 0 Å². The predicted octanol–water partition coefficient (Wildman–Crippen LogP) is 0.853. The lowest BCUT2D eigenvalue weighted by atomic mass is 10.1. The van der Waals surface area contributed by atoms with Crippen molar-refractivity contribution in [1.82, 2.24) is 15.5 Å². The third-order valence-corrected chi connectivity index (χ3v) is 3.60. The molecule has 0 aliphatic carbocycles. The molecule has 0 radical (unpaired) electrons. The van der Waals surface area contributed by atoms with Crippen molar-refractivity contribution in [3.8, 4) is 5.75 Å². The number of carbonyl (C=O) groups excluding carboxylic acids is 1. The zero-order chi connectivity index (χ0) is 15.1. The van der Waals surface area contributed by atoms with Gasteiger partial charge in [-0.2, -0.15) is 0 Å². The van der Waals surface area contributed by atoms with E-state index in [0.29, 0.717) is 13.2 Å². The topological polar surface area (TPSA) is 53.6 Å². The molecule has 116 valence electrons. The maximum Gasteiger partial charge on any atom is 0.224 e. The highest BCUT2D eigenvalue weighted by Crippen LogP contribution is 2.14. The molecule has 1 aromatic carbocycles. The fraction of sp³-hybridized carbons (Fsp3) is 0.562. The molecule has 1 aliphatic rings. The molecule has 0 aromatic heterocycles. The van der Waals surface area contributed by atoms with Gasteiger partial charge in [0.15, 0.2) is 0 Å². The summed E-state index contributed by atoms with van der Waals surface area (Å²) >= 11 is 0. The molecule has 0 spiro atoms. The van der Waals surface area contributed by atoms with Crippen molar-refractivity contribution in [1.29, 1.82) is 0 Å². The fourth-order valence-electron chi connectivity index (χ4n) is 2.30. The van der Waals surface area contributed by atoms with Crippen LogP contribution < -0.4 is 15.4 Å². The zero-order valence-corrected chi connectivity index (χ0v) is 12.9. The summed E-state index contributed by atoms with van der Waals surface area (Å²) < 4.78 is 5.70. The highest BCUT2D eigenvalue weighted by atomic mass is 16.5. The molecule has 1 atom stereocenters. The van der Waals surface area contributed by atoms with Crippen LogP contribution in [0.5, 0.6) is 5.75 Å². The Bertz CT molecular complexity index is 457. The van der Waals surface area contributed by atoms with E-state index >= 15 is 0 Å². The number of hydrogen-bond acceptors (Lipinski definition) is 4. The van der Waals surface area contributed by atoms with Crippen LogP contribution in [0.15, 0.2) is 24.3 Å². The van der Waals surface area contributed by atoms with Crippen LogP contribution in [-0.2, 0) is 11.3 Å². The van der Waals surface area contributed by atoms with Gasteiger partial charge in [0.05, 0.1) is 5.92 Å². The molecule has 1 aliphatic heterocycles. The molecule has 1 amide bonds. The van der Waals surface area contributed by atoms with E-state index in [-0.39, 0.29) is 11.8 Å². The van der Waals surface area contributed by atoms with Gasteiger partial charge in [0.25, 0.3) is 0 Å². The van der Waals surface area contributed by atoms with E-state index in [9.17, 15) is 4.79 Å². The van der Waals surface area contributed by atoms with Gasteiger partial charge in [-0.1, -0.05) is 12.1 Å².